The molecule has 3 N–H and O–H groups in total. The molecule has 0 atom stereocenters. The van der Waals surface area contributed by atoms with E-state index in [1.165, 1.54) is 0 Å². The fourth-order valence-corrected chi connectivity index (χ4v) is 1.73. The lowest BCUT2D eigenvalue weighted by atomic mass is 10.1. The van der Waals surface area contributed by atoms with Gasteiger partial charge in [-0.2, -0.15) is 0 Å². The SMILES string of the molecule is CCNC(=NCC(=O)NC(C)(C)C)NCCCCOCCOC.I. The number of halogens is 1. The summed E-state index contributed by atoms with van der Waals surface area (Å²) in [7, 11) is 1.66. The molecular formula is C16H35IN4O3. The lowest BCUT2D eigenvalue weighted by Crippen LogP contribution is -2.43. The van der Waals surface area contributed by atoms with Gasteiger partial charge in [0.05, 0.1) is 13.2 Å². The quantitative estimate of drug-likeness (QED) is 0.189. The van der Waals surface area contributed by atoms with Gasteiger partial charge in [-0.25, -0.2) is 4.99 Å². The van der Waals surface area contributed by atoms with E-state index in [1.807, 2.05) is 27.7 Å². The summed E-state index contributed by atoms with van der Waals surface area (Å²) in [5, 5.41) is 9.24. The highest BCUT2D eigenvalue weighted by Crippen LogP contribution is 1.97. The molecule has 0 heterocycles. The number of guanidine groups is 1. The molecular weight excluding hydrogens is 423 g/mol. The monoisotopic (exact) mass is 458 g/mol. The normalized spacial score (nSPS) is 11.6. The van der Waals surface area contributed by atoms with Crippen LogP contribution in [-0.4, -0.2) is 64.0 Å². The molecule has 0 aliphatic rings. The van der Waals surface area contributed by atoms with Crippen molar-refractivity contribution in [3.05, 3.63) is 0 Å². The molecule has 0 aromatic rings. The first-order valence-electron chi connectivity index (χ1n) is 8.29. The molecule has 8 heteroatoms. The van der Waals surface area contributed by atoms with Crippen LogP contribution >= 0.6 is 24.0 Å². The molecule has 0 saturated heterocycles. The highest BCUT2D eigenvalue weighted by molar-refractivity contribution is 14.0. The predicted molar refractivity (Wildman–Crippen MR) is 109 cm³/mol. The molecule has 7 nitrogen and oxygen atoms in total. The van der Waals surface area contributed by atoms with Crippen molar-refractivity contribution in [3.63, 3.8) is 0 Å². The first-order chi connectivity index (χ1) is 10.9. The third kappa shape index (κ3) is 17.7. The van der Waals surface area contributed by atoms with Crippen molar-refractivity contribution in [3.8, 4) is 0 Å². The molecule has 0 radical (unpaired) electrons. The Kier molecular flexibility index (Phi) is 17.0. The van der Waals surface area contributed by atoms with Crippen LogP contribution in [0, 0.1) is 0 Å². The van der Waals surface area contributed by atoms with Gasteiger partial charge in [0.2, 0.25) is 5.91 Å². The Labute approximate surface area is 163 Å². The van der Waals surface area contributed by atoms with Gasteiger partial charge in [-0.15, -0.1) is 24.0 Å². The molecule has 0 fully saturated rings. The average molecular weight is 458 g/mol. The molecule has 0 saturated carbocycles. The van der Waals surface area contributed by atoms with Crippen LogP contribution in [-0.2, 0) is 14.3 Å². The summed E-state index contributed by atoms with van der Waals surface area (Å²) in [5.74, 6) is 0.582. The van der Waals surface area contributed by atoms with E-state index in [0.717, 1.165) is 32.5 Å². The van der Waals surface area contributed by atoms with Gasteiger partial charge in [-0.3, -0.25) is 4.79 Å². The van der Waals surface area contributed by atoms with E-state index in [1.54, 1.807) is 7.11 Å². The average Bonchev–Trinajstić information content (AvgIpc) is 2.45. The number of methoxy groups -OCH3 is 1. The van der Waals surface area contributed by atoms with Gasteiger partial charge in [0.25, 0.3) is 0 Å². The predicted octanol–water partition coefficient (Wildman–Crippen LogP) is 1.52. The number of ether oxygens (including phenoxy) is 2. The first-order valence-corrected chi connectivity index (χ1v) is 8.29. The maximum absolute atomic E-state index is 11.8. The fourth-order valence-electron chi connectivity index (χ4n) is 1.73. The largest absolute Gasteiger partial charge is 0.382 e. The van der Waals surface area contributed by atoms with Gasteiger partial charge in [-0.05, 0) is 40.5 Å². The van der Waals surface area contributed by atoms with Crippen LogP contribution in [0.1, 0.15) is 40.5 Å². The number of rotatable bonds is 11. The minimum absolute atomic E-state index is 0. The lowest BCUT2D eigenvalue weighted by Gasteiger charge is -2.20. The van der Waals surface area contributed by atoms with Crippen LogP contribution in [0.2, 0.25) is 0 Å². The second kappa shape index (κ2) is 15.9. The zero-order valence-electron chi connectivity index (χ0n) is 15.7. The van der Waals surface area contributed by atoms with Crippen LogP contribution in [0.5, 0.6) is 0 Å². The number of nitrogens with zero attached hydrogens (tertiary/aromatic N) is 1. The zero-order valence-corrected chi connectivity index (χ0v) is 18.1. The molecule has 144 valence electrons. The summed E-state index contributed by atoms with van der Waals surface area (Å²) >= 11 is 0. The Hall–Kier alpha value is -0.610. The summed E-state index contributed by atoms with van der Waals surface area (Å²) in [6, 6.07) is 0. The molecule has 0 spiro atoms. The van der Waals surface area contributed by atoms with Gasteiger partial charge in [0, 0.05) is 32.3 Å². The fraction of sp³-hybridized carbons (Fsp3) is 0.875. The minimum atomic E-state index is -0.235. The number of hydrogen-bond donors (Lipinski definition) is 3. The number of carbonyl (C=O) groups is 1. The number of carbonyl (C=O) groups excluding carboxylic acids is 1. The first kappa shape index (κ1) is 25.6. The van der Waals surface area contributed by atoms with Crippen molar-refractivity contribution in [1.82, 2.24) is 16.0 Å². The van der Waals surface area contributed by atoms with Crippen LogP contribution in [0.3, 0.4) is 0 Å². The standard InChI is InChI=1S/C16H34N4O3.HI/c1-6-17-15(19-13-14(21)20-16(2,3)4)18-9-7-8-10-23-12-11-22-5;/h6-13H2,1-5H3,(H,20,21)(H2,17,18,19);1H. The minimum Gasteiger partial charge on any atom is -0.382 e. The summed E-state index contributed by atoms with van der Waals surface area (Å²) < 4.78 is 10.3. The summed E-state index contributed by atoms with van der Waals surface area (Å²) in [6.45, 7) is 11.5. The van der Waals surface area contributed by atoms with E-state index in [9.17, 15) is 4.79 Å². The van der Waals surface area contributed by atoms with Crippen molar-refractivity contribution in [2.45, 2.75) is 46.1 Å². The van der Waals surface area contributed by atoms with Crippen molar-refractivity contribution in [1.29, 1.82) is 0 Å². The van der Waals surface area contributed by atoms with Gasteiger partial charge < -0.3 is 25.4 Å². The highest BCUT2D eigenvalue weighted by atomic mass is 127. The number of unbranched alkanes of at least 4 members (excludes halogenated alkanes) is 1. The van der Waals surface area contributed by atoms with E-state index < -0.39 is 0 Å². The number of amides is 1. The molecule has 0 aliphatic carbocycles. The van der Waals surface area contributed by atoms with Crippen molar-refractivity contribution >= 4 is 35.8 Å². The lowest BCUT2D eigenvalue weighted by molar-refractivity contribution is -0.121. The maximum atomic E-state index is 11.8. The molecule has 0 bridgehead atoms. The van der Waals surface area contributed by atoms with Gasteiger partial charge >= 0.3 is 0 Å². The second-order valence-electron chi connectivity index (χ2n) is 6.23. The van der Waals surface area contributed by atoms with Gasteiger partial charge in [0.1, 0.15) is 6.54 Å². The Bertz CT molecular complexity index is 347. The third-order valence-electron chi connectivity index (χ3n) is 2.68. The van der Waals surface area contributed by atoms with E-state index >= 15 is 0 Å². The highest BCUT2D eigenvalue weighted by Gasteiger charge is 2.13. The summed E-state index contributed by atoms with van der Waals surface area (Å²) in [6.07, 6.45) is 1.95. The molecule has 1 amide bonds. The smallest absolute Gasteiger partial charge is 0.242 e. The maximum Gasteiger partial charge on any atom is 0.242 e. The molecule has 0 aromatic carbocycles. The van der Waals surface area contributed by atoms with Crippen molar-refractivity contribution in [2.24, 2.45) is 4.99 Å². The number of nitrogens with one attached hydrogen (secondary N) is 3. The zero-order chi connectivity index (χ0) is 17.6. The van der Waals surface area contributed by atoms with E-state index in [2.05, 4.69) is 20.9 Å². The van der Waals surface area contributed by atoms with Crippen molar-refractivity contribution in [2.75, 3.05) is 46.6 Å². The van der Waals surface area contributed by atoms with Crippen LogP contribution in [0.25, 0.3) is 0 Å². The molecule has 0 unspecified atom stereocenters. The van der Waals surface area contributed by atoms with E-state index in [-0.39, 0.29) is 42.0 Å². The van der Waals surface area contributed by atoms with Crippen LogP contribution in [0.15, 0.2) is 4.99 Å². The Morgan fingerprint density at radius 2 is 1.79 bits per heavy atom. The molecule has 24 heavy (non-hydrogen) atoms. The topological polar surface area (TPSA) is 84.0 Å². The second-order valence-corrected chi connectivity index (χ2v) is 6.23. The Morgan fingerprint density at radius 1 is 1.08 bits per heavy atom. The Balaban J connectivity index is 0. The summed E-state index contributed by atoms with van der Waals surface area (Å²) in [5.41, 5.74) is -0.235. The molecule has 0 aromatic heterocycles. The number of hydrogen-bond acceptors (Lipinski definition) is 4. The number of aliphatic imine (C=N–C) groups is 1. The van der Waals surface area contributed by atoms with E-state index in [0.29, 0.717) is 19.2 Å². The van der Waals surface area contributed by atoms with E-state index in [4.69, 9.17) is 9.47 Å². The van der Waals surface area contributed by atoms with Crippen LogP contribution in [0.4, 0.5) is 0 Å². The van der Waals surface area contributed by atoms with Crippen molar-refractivity contribution < 1.29 is 14.3 Å². The van der Waals surface area contributed by atoms with Crippen LogP contribution < -0.4 is 16.0 Å². The molecule has 0 rings (SSSR count). The third-order valence-corrected chi connectivity index (χ3v) is 2.68. The van der Waals surface area contributed by atoms with Gasteiger partial charge in [0.15, 0.2) is 5.96 Å². The molecule has 0 aliphatic heterocycles. The van der Waals surface area contributed by atoms with Gasteiger partial charge in [-0.1, -0.05) is 0 Å². The summed E-state index contributed by atoms with van der Waals surface area (Å²) in [4.78, 5) is 16.1. The Morgan fingerprint density at radius 3 is 2.38 bits per heavy atom.